The molecular formula is C20H23FN2O4S. The van der Waals surface area contributed by atoms with Crippen LogP contribution in [0, 0.1) is 5.82 Å². The first-order valence-electron chi connectivity index (χ1n) is 9.05. The average Bonchev–Trinajstić information content (AvgIpc) is 2.68. The molecule has 2 aromatic carbocycles. The minimum Gasteiger partial charge on any atom is -0.489 e. The molecule has 28 heavy (non-hydrogen) atoms. The number of halogens is 1. The van der Waals surface area contributed by atoms with Gasteiger partial charge in [0.15, 0.2) is 11.6 Å². The summed E-state index contributed by atoms with van der Waals surface area (Å²) in [5, 5.41) is 0. The zero-order valence-corrected chi connectivity index (χ0v) is 16.7. The highest BCUT2D eigenvalue weighted by atomic mass is 32.2. The topological polar surface area (TPSA) is 66.9 Å². The maximum Gasteiger partial charge on any atom is 0.242 e. The first kappa shape index (κ1) is 20.3. The zero-order chi connectivity index (χ0) is 20.3. The Labute approximate surface area is 164 Å². The van der Waals surface area contributed by atoms with Crippen molar-refractivity contribution in [2.24, 2.45) is 0 Å². The number of benzene rings is 2. The number of sulfonamides is 1. The van der Waals surface area contributed by atoms with Gasteiger partial charge in [-0.3, -0.25) is 4.79 Å². The average molecular weight is 406 g/mol. The number of carbonyl (C=O) groups is 1. The Kier molecular flexibility index (Phi) is 6.00. The number of anilines is 1. The number of para-hydroxylation sites is 1. The van der Waals surface area contributed by atoms with Crippen molar-refractivity contribution >= 4 is 21.6 Å². The van der Waals surface area contributed by atoms with Crippen LogP contribution in [-0.2, 0) is 21.2 Å². The molecule has 3 rings (SSSR count). The van der Waals surface area contributed by atoms with Gasteiger partial charge in [-0.15, -0.1) is 0 Å². The molecule has 0 saturated carbocycles. The van der Waals surface area contributed by atoms with E-state index < -0.39 is 15.8 Å². The number of hydrogen-bond acceptors (Lipinski definition) is 4. The van der Waals surface area contributed by atoms with Crippen molar-refractivity contribution in [3.63, 3.8) is 0 Å². The number of amides is 1. The van der Waals surface area contributed by atoms with Crippen molar-refractivity contribution in [3.05, 3.63) is 53.8 Å². The molecule has 0 unspecified atom stereocenters. The van der Waals surface area contributed by atoms with Crippen LogP contribution in [0.5, 0.6) is 5.75 Å². The molecule has 0 fully saturated rings. The van der Waals surface area contributed by atoms with E-state index in [1.807, 2.05) is 0 Å². The smallest absolute Gasteiger partial charge is 0.242 e. The van der Waals surface area contributed by atoms with Crippen LogP contribution in [-0.4, -0.2) is 45.4 Å². The van der Waals surface area contributed by atoms with E-state index in [1.165, 1.54) is 36.5 Å². The fourth-order valence-corrected chi connectivity index (χ4v) is 4.41. The molecule has 1 amide bonds. The molecular weight excluding hydrogens is 383 g/mol. The molecule has 150 valence electrons. The molecule has 0 bridgehead atoms. The molecule has 0 atom stereocenters. The van der Waals surface area contributed by atoms with Gasteiger partial charge >= 0.3 is 0 Å². The van der Waals surface area contributed by atoms with Gasteiger partial charge in [0.1, 0.15) is 6.61 Å². The van der Waals surface area contributed by atoms with Gasteiger partial charge in [-0.2, -0.15) is 4.31 Å². The highest BCUT2D eigenvalue weighted by Gasteiger charge is 2.25. The Morgan fingerprint density at radius 3 is 2.71 bits per heavy atom. The zero-order valence-electron chi connectivity index (χ0n) is 15.9. The predicted octanol–water partition coefficient (Wildman–Crippen LogP) is 2.82. The van der Waals surface area contributed by atoms with Crippen LogP contribution >= 0.6 is 0 Å². The summed E-state index contributed by atoms with van der Waals surface area (Å²) in [5.41, 5.74) is 1.61. The summed E-state index contributed by atoms with van der Waals surface area (Å²) in [6, 6.07) is 10.8. The van der Waals surface area contributed by atoms with Crippen LogP contribution in [0.1, 0.15) is 18.9 Å². The Bertz CT molecular complexity index is 978. The molecule has 1 aliphatic heterocycles. The highest BCUT2D eigenvalue weighted by Crippen LogP contribution is 2.30. The number of ether oxygens (including phenoxy) is 1. The van der Waals surface area contributed by atoms with E-state index in [-0.39, 0.29) is 29.7 Å². The number of fused-ring (bicyclic) bond motifs is 1. The van der Waals surface area contributed by atoms with Gasteiger partial charge < -0.3 is 9.64 Å². The van der Waals surface area contributed by atoms with E-state index in [9.17, 15) is 17.6 Å². The maximum absolute atomic E-state index is 13.6. The number of carbonyl (C=O) groups excluding carboxylic acids is 1. The van der Waals surface area contributed by atoms with Crippen LogP contribution in [0.15, 0.2) is 47.4 Å². The second-order valence-corrected chi connectivity index (χ2v) is 8.72. The third-order valence-electron chi connectivity index (χ3n) is 4.76. The SMILES string of the molecule is CC(=O)N1CCCc2cc(S(=O)(=O)N(C)CCOc3ccccc3F)ccc21. The highest BCUT2D eigenvalue weighted by molar-refractivity contribution is 7.89. The van der Waals surface area contributed by atoms with Crippen LogP contribution in [0.2, 0.25) is 0 Å². The monoisotopic (exact) mass is 406 g/mol. The van der Waals surface area contributed by atoms with Gasteiger partial charge in [-0.1, -0.05) is 12.1 Å². The summed E-state index contributed by atoms with van der Waals surface area (Å²) >= 11 is 0. The van der Waals surface area contributed by atoms with Crippen LogP contribution in [0.3, 0.4) is 0 Å². The normalized spacial score (nSPS) is 14.1. The van der Waals surface area contributed by atoms with Gasteiger partial charge in [0.05, 0.1) is 4.90 Å². The number of nitrogens with zero attached hydrogens (tertiary/aromatic N) is 2. The Balaban J connectivity index is 1.71. The molecule has 6 nitrogen and oxygen atoms in total. The molecule has 0 spiro atoms. The molecule has 8 heteroatoms. The first-order chi connectivity index (χ1) is 13.3. The summed E-state index contributed by atoms with van der Waals surface area (Å²) in [4.78, 5) is 13.6. The Morgan fingerprint density at radius 1 is 1.25 bits per heavy atom. The van der Waals surface area contributed by atoms with Gasteiger partial charge in [-0.05, 0) is 48.7 Å². The molecule has 0 N–H and O–H groups in total. The molecule has 0 aliphatic carbocycles. The van der Waals surface area contributed by atoms with Gasteiger partial charge in [-0.25, -0.2) is 12.8 Å². The van der Waals surface area contributed by atoms with E-state index in [2.05, 4.69) is 0 Å². The number of aryl methyl sites for hydroxylation is 1. The fourth-order valence-electron chi connectivity index (χ4n) is 3.21. The molecule has 2 aromatic rings. The van der Waals surface area contributed by atoms with E-state index >= 15 is 0 Å². The second-order valence-electron chi connectivity index (χ2n) is 6.67. The third kappa shape index (κ3) is 4.18. The van der Waals surface area contributed by atoms with Crippen LogP contribution < -0.4 is 9.64 Å². The quantitative estimate of drug-likeness (QED) is 0.740. The number of rotatable bonds is 6. The largest absolute Gasteiger partial charge is 0.489 e. The number of likely N-dealkylation sites (N-methyl/N-ethyl adjacent to an activating group) is 1. The third-order valence-corrected chi connectivity index (χ3v) is 6.61. The van der Waals surface area contributed by atoms with Gasteiger partial charge in [0.2, 0.25) is 15.9 Å². The lowest BCUT2D eigenvalue weighted by Crippen LogP contribution is -2.34. The van der Waals surface area contributed by atoms with Crippen molar-refractivity contribution < 1.29 is 22.3 Å². The van der Waals surface area contributed by atoms with Crippen molar-refractivity contribution in [1.29, 1.82) is 0 Å². The maximum atomic E-state index is 13.6. The van der Waals surface area contributed by atoms with Crippen LogP contribution in [0.25, 0.3) is 0 Å². The first-order valence-corrected chi connectivity index (χ1v) is 10.5. The summed E-state index contributed by atoms with van der Waals surface area (Å²) in [7, 11) is -2.26. The van der Waals surface area contributed by atoms with E-state index in [4.69, 9.17) is 4.74 Å². The lowest BCUT2D eigenvalue weighted by atomic mass is 10.0. The van der Waals surface area contributed by atoms with Crippen molar-refractivity contribution in [2.75, 3.05) is 31.6 Å². The summed E-state index contributed by atoms with van der Waals surface area (Å²) in [6.45, 7) is 2.25. The molecule has 1 aliphatic rings. The summed E-state index contributed by atoms with van der Waals surface area (Å²) in [5.74, 6) is -0.455. The van der Waals surface area contributed by atoms with E-state index in [0.717, 1.165) is 24.1 Å². The van der Waals surface area contributed by atoms with Crippen molar-refractivity contribution in [1.82, 2.24) is 4.31 Å². The van der Waals surface area contributed by atoms with E-state index in [0.29, 0.717) is 6.54 Å². The minimum absolute atomic E-state index is 0.0275. The predicted molar refractivity (Wildman–Crippen MR) is 105 cm³/mol. The fraction of sp³-hybridized carbons (Fsp3) is 0.350. The van der Waals surface area contributed by atoms with Crippen molar-refractivity contribution in [3.8, 4) is 5.75 Å². The van der Waals surface area contributed by atoms with Crippen LogP contribution in [0.4, 0.5) is 10.1 Å². The van der Waals surface area contributed by atoms with Gasteiger partial charge in [0.25, 0.3) is 0 Å². The molecule has 0 saturated heterocycles. The lowest BCUT2D eigenvalue weighted by Gasteiger charge is -2.29. The molecule has 1 heterocycles. The Morgan fingerprint density at radius 2 is 2.00 bits per heavy atom. The molecule has 0 aromatic heterocycles. The standard InChI is InChI=1S/C20H23FN2O4S/c1-15(24)23-11-5-6-16-14-17(9-10-19(16)23)28(25,26)22(2)12-13-27-20-8-4-3-7-18(20)21/h3-4,7-10,14H,5-6,11-13H2,1-2H3. The minimum atomic E-state index is -3.72. The molecule has 0 radical (unpaired) electrons. The summed E-state index contributed by atoms with van der Waals surface area (Å²) < 4.78 is 45.8. The number of hydrogen-bond donors (Lipinski definition) is 0. The van der Waals surface area contributed by atoms with Crippen molar-refractivity contribution in [2.45, 2.75) is 24.7 Å². The Hall–Kier alpha value is -2.45. The lowest BCUT2D eigenvalue weighted by molar-refractivity contribution is -0.116. The van der Waals surface area contributed by atoms with Gasteiger partial charge in [0, 0.05) is 32.7 Å². The summed E-state index contributed by atoms with van der Waals surface area (Å²) in [6.07, 6.45) is 1.52. The second kappa shape index (κ2) is 8.28. The van der Waals surface area contributed by atoms with E-state index in [1.54, 1.807) is 29.2 Å².